The van der Waals surface area contributed by atoms with Crippen LogP contribution in [0.2, 0.25) is 0 Å². The van der Waals surface area contributed by atoms with Crippen molar-refractivity contribution in [3.05, 3.63) is 23.9 Å². The third-order valence-electron chi connectivity index (χ3n) is 6.21. The number of pyridine rings is 1. The molecule has 1 aliphatic heterocycles. The third kappa shape index (κ3) is 6.57. The number of ether oxygens (including phenoxy) is 2. The van der Waals surface area contributed by atoms with Crippen LogP contribution < -0.4 is 15.5 Å². The van der Waals surface area contributed by atoms with Gasteiger partial charge >= 0.3 is 0 Å². The van der Waals surface area contributed by atoms with E-state index in [4.69, 9.17) is 14.5 Å². The normalized spacial score (nSPS) is 19.1. The second-order valence-corrected chi connectivity index (χ2v) is 8.29. The van der Waals surface area contributed by atoms with E-state index >= 15 is 0 Å². The molecule has 0 aromatic carbocycles. The number of nitrogens with zero attached hydrogens (tertiary/aromatic N) is 3. The van der Waals surface area contributed by atoms with Crippen LogP contribution in [0.4, 0.5) is 5.82 Å². The molecule has 2 aliphatic rings. The molecule has 30 heavy (non-hydrogen) atoms. The summed E-state index contributed by atoms with van der Waals surface area (Å²) in [4.78, 5) is 11.8. The third-order valence-corrected chi connectivity index (χ3v) is 6.21. The lowest BCUT2D eigenvalue weighted by atomic mass is 9.83. The molecule has 0 atom stereocenters. The zero-order valence-corrected chi connectivity index (χ0v) is 18.8. The maximum absolute atomic E-state index is 5.66. The van der Waals surface area contributed by atoms with E-state index < -0.39 is 0 Å². The van der Waals surface area contributed by atoms with Gasteiger partial charge in [-0.15, -0.1) is 0 Å². The van der Waals surface area contributed by atoms with Crippen molar-refractivity contribution in [2.45, 2.75) is 52.5 Å². The standard InChI is InChI=1S/C23H39N5O2/c1-3-24-22(27-19-23(9-5-6-10-23)11-15-29-4-2)26-18-20-8-7-12-25-21(20)28-13-16-30-17-14-28/h7-8,12H,3-6,9-11,13-19H2,1-2H3,(H2,24,26,27). The number of guanidine groups is 1. The first kappa shape index (κ1) is 22.8. The zero-order chi connectivity index (χ0) is 21.1. The molecule has 0 radical (unpaired) electrons. The molecule has 0 unspecified atom stereocenters. The van der Waals surface area contributed by atoms with Crippen LogP contribution in [0, 0.1) is 5.41 Å². The van der Waals surface area contributed by atoms with Crippen molar-refractivity contribution < 1.29 is 9.47 Å². The summed E-state index contributed by atoms with van der Waals surface area (Å²) in [5, 5.41) is 7.04. The van der Waals surface area contributed by atoms with E-state index in [1.807, 2.05) is 12.3 Å². The Morgan fingerprint density at radius 1 is 1.23 bits per heavy atom. The van der Waals surface area contributed by atoms with E-state index in [2.05, 4.69) is 40.4 Å². The summed E-state index contributed by atoms with van der Waals surface area (Å²) < 4.78 is 11.1. The molecular formula is C23H39N5O2. The van der Waals surface area contributed by atoms with Crippen LogP contribution in [0.25, 0.3) is 0 Å². The number of aromatic nitrogens is 1. The summed E-state index contributed by atoms with van der Waals surface area (Å²) >= 11 is 0. The first-order valence-corrected chi connectivity index (χ1v) is 11.6. The highest BCUT2D eigenvalue weighted by atomic mass is 16.5. The fourth-order valence-corrected chi connectivity index (χ4v) is 4.46. The summed E-state index contributed by atoms with van der Waals surface area (Å²) in [5.74, 6) is 1.92. The summed E-state index contributed by atoms with van der Waals surface area (Å²) in [6.45, 7) is 11.5. The first-order valence-electron chi connectivity index (χ1n) is 11.6. The van der Waals surface area contributed by atoms with Crippen LogP contribution in [0.3, 0.4) is 0 Å². The number of nitrogens with one attached hydrogen (secondary N) is 2. The van der Waals surface area contributed by atoms with Crippen molar-refractivity contribution in [2.75, 3.05) is 57.5 Å². The SMILES string of the molecule is CCNC(=NCc1cccnc1N1CCOCC1)NCC1(CCOCC)CCCC1. The van der Waals surface area contributed by atoms with Gasteiger partial charge in [0.1, 0.15) is 5.82 Å². The van der Waals surface area contributed by atoms with Crippen molar-refractivity contribution >= 4 is 11.8 Å². The first-order chi connectivity index (χ1) is 14.8. The Balaban J connectivity index is 1.63. The summed E-state index contributed by atoms with van der Waals surface area (Å²) in [5.41, 5.74) is 1.49. The van der Waals surface area contributed by atoms with E-state index in [1.165, 1.54) is 25.7 Å². The molecule has 1 saturated heterocycles. The highest BCUT2D eigenvalue weighted by Gasteiger charge is 2.33. The fourth-order valence-electron chi connectivity index (χ4n) is 4.46. The quantitative estimate of drug-likeness (QED) is 0.346. The van der Waals surface area contributed by atoms with Gasteiger partial charge in [0.2, 0.25) is 0 Å². The Hall–Kier alpha value is -1.86. The molecule has 2 N–H and O–H groups in total. The Kier molecular flexibility index (Phi) is 9.21. The average molecular weight is 418 g/mol. The van der Waals surface area contributed by atoms with Gasteiger partial charge in [0.25, 0.3) is 0 Å². The van der Waals surface area contributed by atoms with Crippen LogP contribution in [0.1, 0.15) is 51.5 Å². The maximum atomic E-state index is 5.66. The van der Waals surface area contributed by atoms with Gasteiger partial charge in [0.15, 0.2) is 5.96 Å². The van der Waals surface area contributed by atoms with Crippen molar-refractivity contribution in [1.82, 2.24) is 15.6 Å². The van der Waals surface area contributed by atoms with Crippen LogP contribution in [-0.2, 0) is 16.0 Å². The lowest BCUT2D eigenvalue weighted by Crippen LogP contribution is -2.43. The number of hydrogen-bond acceptors (Lipinski definition) is 5. The predicted molar refractivity (Wildman–Crippen MR) is 122 cm³/mol. The molecule has 1 aliphatic carbocycles. The van der Waals surface area contributed by atoms with Crippen LogP contribution >= 0.6 is 0 Å². The van der Waals surface area contributed by atoms with Crippen LogP contribution in [0.5, 0.6) is 0 Å². The maximum Gasteiger partial charge on any atom is 0.191 e. The monoisotopic (exact) mass is 417 g/mol. The van der Waals surface area contributed by atoms with Crippen molar-refractivity contribution in [3.8, 4) is 0 Å². The lowest BCUT2D eigenvalue weighted by molar-refractivity contribution is 0.105. The predicted octanol–water partition coefficient (Wildman–Crippen LogP) is 2.96. The molecule has 0 amide bonds. The number of hydrogen-bond donors (Lipinski definition) is 2. The van der Waals surface area contributed by atoms with Crippen LogP contribution in [0.15, 0.2) is 23.3 Å². The van der Waals surface area contributed by atoms with Crippen LogP contribution in [-0.4, -0.2) is 63.6 Å². The second-order valence-electron chi connectivity index (χ2n) is 8.29. The summed E-state index contributed by atoms with van der Waals surface area (Å²) in [7, 11) is 0. The topological polar surface area (TPSA) is 71.0 Å². The second kappa shape index (κ2) is 12.1. The smallest absolute Gasteiger partial charge is 0.191 e. The number of rotatable bonds is 10. The minimum atomic E-state index is 0.332. The minimum Gasteiger partial charge on any atom is -0.382 e. The minimum absolute atomic E-state index is 0.332. The van der Waals surface area contributed by atoms with Gasteiger partial charge in [-0.3, -0.25) is 0 Å². The molecule has 2 heterocycles. The van der Waals surface area contributed by atoms with E-state index in [-0.39, 0.29) is 0 Å². The number of anilines is 1. The summed E-state index contributed by atoms with van der Waals surface area (Å²) in [6, 6.07) is 4.13. The molecule has 7 heteroatoms. The van der Waals surface area contributed by atoms with Crippen molar-refractivity contribution in [1.29, 1.82) is 0 Å². The van der Waals surface area contributed by atoms with E-state index in [1.54, 1.807) is 0 Å². The average Bonchev–Trinajstić information content (AvgIpc) is 3.26. The van der Waals surface area contributed by atoms with Gasteiger partial charge in [-0.05, 0) is 44.6 Å². The van der Waals surface area contributed by atoms with E-state index in [0.717, 1.165) is 76.4 Å². The van der Waals surface area contributed by atoms with Crippen molar-refractivity contribution in [2.24, 2.45) is 10.4 Å². The van der Waals surface area contributed by atoms with Gasteiger partial charge in [0, 0.05) is 51.2 Å². The molecule has 3 rings (SSSR count). The number of morpholine rings is 1. The Morgan fingerprint density at radius 2 is 2.03 bits per heavy atom. The van der Waals surface area contributed by atoms with Gasteiger partial charge in [-0.1, -0.05) is 18.9 Å². The van der Waals surface area contributed by atoms with E-state index in [0.29, 0.717) is 12.0 Å². The van der Waals surface area contributed by atoms with Gasteiger partial charge < -0.3 is 25.0 Å². The Bertz CT molecular complexity index is 655. The molecule has 0 bridgehead atoms. The highest BCUT2D eigenvalue weighted by Crippen LogP contribution is 2.40. The molecule has 2 fully saturated rings. The zero-order valence-electron chi connectivity index (χ0n) is 18.8. The van der Waals surface area contributed by atoms with Crippen molar-refractivity contribution in [3.63, 3.8) is 0 Å². The van der Waals surface area contributed by atoms with E-state index in [9.17, 15) is 0 Å². The molecule has 0 spiro atoms. The number of aliphatic imine (C=N–C) groups is 1. The van der Waals surface area contributed by atoms with Gasteiger partial charge in [-0.25, -0.2) is 9.98 Å². The van der Waals surface area contributed by atoms with Gasteiger partial charge in [0.05, 0.1) is 19.8 Å². The largest absolute Gasteiger partial charge is 0.382 e. The molecule has 168 valence electrons. The Morgan fingerprint density at radius 3 is 2.77 bits per heavy atom. The van der Waals surface area contributed by atoms with Gasteiger partial charge in [-0.2, -0.15) is 0 Å². The lowest BCUT2D eigenvalue weighted by Gasteiger charge is -2.30. The Labute approximate surface area is 181 Å². The molecular weight excluding hydrogens is 378 g/mol. The summed E-state index contributed by atoms with van der Waals surface area (Å²) in [6.07, 6.45) is 8.17. The molecule has 1 saturated carbocycles. The fraction of sp³-hybridized carbons (Fsp3) is 0.739. The molecule has 1 aromatic rings. The molecule has 7 nitrogen and oxygen atoms in total. The molecule has 1 aromatic heterocycles. The highest BCUT2D eigenvalue weighted by molar-refractivity contribution is 5.79.